The molecule has 3 rings (SSSR count). The van der Waals surface area contributed by atoms with Gasteiger partial charge in [0.2, 0.25) is 0 Å². The van der Waals surface area contributed by atoms with Crippen LogP contribution in [0.1, 0.15) is 21.5 Å². The van der Waals surface area contributed by atoms with Crippen molar-refractivity contribution in [2.75, 3.05) is 38.9 Å². The number of nitrogens with zero attached hydrogens (tertiary/aromatic N) is 4. The lowest BCUT2D eigenvalue weighted by Crippen LogP contribution is -2.16. The summed E-state index contributed by atoms with van der Waals surface area (Å²) in [6, 6.07) is 5.06. The van der Waals surface area contributed by atoms with Crippen molar-refractivity contribution in [2.45, 2.75) is 23.6 Å². The average molecular weight is 827 g/mol. The number of azo groups is 2. The van der Waals surface area contributed by atoms with Crippen molar-refractivity contribution in [3.63, 3.8) is 0 Å². The predicted molar refractivity (Wildman–Crippen MR) is 180 cm³/mol. The minimum atomic E-state index is -4.90. The Labute approximate surface area is 302 Å². The van der Waals surface area contributed by atoms with Crippen LogP contribution in [0.15, 0.2) is 60.6 Å². The van der Waals surface area contributed by atoms with E-state index < -0.39 is 99.6 Å². The van der Waals surface area contributed by atoms with Gasteiger partial charge in [0.05, 0.1) is 54.3 Å². The second-order valence-corrected chi connectivity index (χ2v) is 16.7. The molecule has 0 amide bonds. The summed E-state index contributed by atoms with van der Waals surface area (Å²) in [5, 5.41) is 46.6. The fourth-order valence-electron chi connectivity index (χ4n) is 4.38. The van der Waals surface area contributed by atoms with Crippen molar-refractivity contribution in [3.05, 3.63) is 47.0 Å². The molecule has 3 aromatic rings. The Bertz CT molecular complexity index is 2430. The summed E-state index contributed by atoms with van der Waals surface area (Å²) >= 11 is 0. The van der Waals surface area contributed by atoms with Crippen LogP contribution in [0.5, 0.6) is 23.0 Å². The third-order valence-electron chi connectivity index (χ3n) is 6.76. The van der Waals surface area contributed by atoms with Crippen molar-refractivity contribution in [1.29, 1.82) is 0 Å². The zero-order valence-electron chi connectivity index (χ0n) is 27.7. The second kappa shape index (κ2) is 16.5. The molecule has 0 fully saturated rings. The molecule has 0 aliphatic rings. The molecule has 0 aromatic heterocycles. The number of hydrogen-bond acceptors (Lipinski definition) is 19. The number of carboxylic acid groups (broad SMARTS) is 1. The SMILES string of the molecule is COc1cc(S(=O)(=O)CCOS(=O)(=O)O)c(C)cc1N=Nc1c(O)cc(C(=O)O)c(N=Nc2cc(C)c(S(=O)(=O)CCOS(=O)(=O)O)cc2OC)c1O. The Morgan fingerprint density at radius 1 is 0.642 bits per heavy atom. The van der Waals surface area contributed by atoms with E-state index >= 15 is 0 Å². The summed E-state index contributed by atoms with van der Waals surface area (Å²) in [7, 11) is -15.9. The molecule has 0 spiro atoms. The molecule has 26 heteroatoms. The number of carbonyl (C=O) groups is 1. The van der Waals surface area contributed by atoms with Crippen LogP contribution < -0.4 is 9.47 Å². The van der Waals surface area contributed by atoms with Gasteiger partial charge in [-0.15, -0.1) is 20.5 Å². The first-order chi connectivity index (χ1) is 24.4. The fraction of sp³-hybridized carbons (Fsp3) is 0.296. The Kier molecular flexibility index (Phi) is 13.2. The number of methoxy groups -OCH3 is 2. The number of aryl methyl sites for hydroxylation is 2. The van der Waals surface area contributed by atoms with Crippen LogP contribution in [0.2, 0.25) is 0 Å². The monoisotopic (exact) mass is 826 g/mol. The van der Waals surface area contributed by atoms with E-state index in [4.69, 9.17) is 18.6 Å². The lowest BCUT2D eigenvalue weighted by atomic mass is 10.1. The molecule has 0 heterocycles. The number of carboxylic acids is 1. The predicted octanol–water partition coefficient (Wildman–Crippen LogP) is 3.45. The maximum absolute atomic E-state index is 12.8. The van der Waals surface area contributed by atoms with Crippen LogP contribution in [0.4, 0.5) is 22.7 Å². The van der Waals surface area contributed by atoms with E-state index in [0.29, 0.717) is 6.07 Å². The Morgan fingerprint density at radius 3 is 1.40 bits per heavy atom. The van der Waals surface area contributed by atoms with Gasteiger partial charge >= 0.3 is 26.8 Å². The van der Waals surface area contributed by atoms with E-state index in [9.17, 15) is 53.8 Å². The van der Waals surface area contributed by atoms with Gasteiger partial charge in [-0.05, 0) is 43.2 Å². The van der Waals surface area contributed by atoms with E-state index in [-0.39, 0.29) is 43.8 Å². The van der Waals surface area contributed by atoms with Gasteiger partial charge in [0.1, 0.15) is 34.3 Å². The lowest BCUT2D eigenvalue weighted by Gasteiger charge is -2.12. The van der Waals surface area contributed by atoms with Crippen molar-refractivity contribution in [3.8, 4) is 23.0 Å². The number of benzene rings is 3. The molecule has 290 valence electrons. The number of rotatable bonds is 17. The Morgan fingerprint density at radius 2 is 1.04 bits per heavy atom. The minimum Gasteiger partial charge on any atom is -0.505 e. The van der Waals surface area contributed by atoms with Crippen molar-refractivity contribution in [2.24, 2.45) is 20.5 Å². The van der Waals surface area contributed by atoms with Gasteiger partial charge in [0.15, 0.2) is 31.1 Å². The number of ether oxygens (including phenoxy) is 2. The van der Waals surface area contributed by atoms with E-state index in [1.54, 1.807) is 0 Å². The molecule has 0 unspecified atom stereocenters. The van der Waals surface area contributed by atoms with Crippen LogP contribution in [-0.2, 0) is 48.8 Å². The number of aromatic carboxylic acids is 1. The van der Waals surface area contributed by atoms with E-state index in [1.807, 2.05) is 0 Å². The van der Waals surface area contributed by atoms with Crippen molar-refractivity contribution in [1.82, 2.24) is 0 Å². The van der Waals surface area contributed by atoms with Gasteiger partial charge in [-0.1, -0.05) is 0 Å². The zero-order valence-corrected chi connectivity index (χ0v) is 30.9. The fourth-order valence-corrected chi connectivity index (χ4v) is 7.90. The minimum absolute atomic E-state index is 0.0453. The van der Waals surface area contributed by atoms with Crippen LogP contribution in [0.25, 0.3) is 0 Å². The molecular formula is C27H30N4O18S4. The first kappa shape index (κ1) is 42.6. The van der Waals surface area contributed by atoms with E-state index in [0.717, 1.165) is 32.4 Å². The summed E-state index contributed by atoms with van der Waals surface area (Å²) in [5.41, 5.74) is -2.46. The highest BCUT2D eigenvalue weighted by Crippen LogP contribution is 2.48. The molecule has 0 saturated heterocycles. The van der Waals surface area contributed by atoms with Gasteiger partial charge in [0, 0.05) is 12.1 Å². The van der Waals surface area contributed by atoms with Gasteiger partial charge in [0.25, 0.3) is 0 Å². The second-order valence-electron chi connectivity index (χ2n) is 10.4. The highest BCUT2D eigenvalue weighted by molar-refractivity contribution is 7.91. The Balaban J connectivity index is 2.05. The van der Waals surface area contributed by atoms with E-state index in [2.05, 4.69) is 28.8 Å². The standard InChI is InChI=1S/C27H30N4O18S4/c1-14-9-17(20(46-3)12-22(14)50(36,37)7-5-48-52(40,41)42)28-30-24-16(27(34)35)11-19(32)25(26(24)33)31-29-18-10-15(2)23(13-21(18)47-4)51(38,39)8-6-49-53(43,44)45/h9-13,32-33H,5-8H2,1-4H3,(H,34,35)(H,40,41,42)(H,43,44,45). The van der Waals surface area contributed by atoms with Crippen molar-refractivity contribution < 1.29 is 80.7 Å². The van der Waals surface area contributed by atoms with Gasteiger partial charge < -0.3 is 24.8 Å². The van der Waals surface area contributed by atoms with Crippen LogP contribution in [0, 0.1) is 13.8 Å². The normalized spacial score (nSPS) is 12.8. The molecule has 0 saturated carbocycles. The molecule has 0 atom stereocenters. The van der Waals surface area contributed by atoms with Gasteiger partial charge in [-0.3, -0.25) is 9.11 Å². The zero-order chi connectivity index (χ0) is 40.1. The molecule has 0 aliphatic carbocycles. The van der Waals surface area contributed by atoms with E-state index in [1.165, 1.54) is 19.9 Å². The molecule has 0 aliphatic heterocycles. The maximum Gasteiger partial charge on any atom is 0.397 e. The third-order valence-corrected chi connectivity index (χ3v) is 11.3. The molecule has 0 radical (unpaired) electrons. The maximum atomic E-state index is 12.8. The average Bonchev–Trinajstić information content (AvgIpc) is 3.02. The first-order valence-electron chi connectivity index (χ1n) is 14.1. The summed E-state index contributed by atoms with van der Waals surface area (Å²) in [4.78, 5) is 11.3. The van der Waals surface area contributed by atoms with Gasteiger partial charge in [-0.25, -0.2) is 30.0 Å². The molecule has 5 N–H and O–H groups in total. The van der Waals surface area contributed by atoms with Crippen molar-refractivity contribution >= 4 is 69.2 Å². The smallest absolute Gasteiger partial charge is 0.397 e. The summed E-state index contributed by atoms with van der Waals surface area (Å²) in [6.45, 7) is 0.886. The highest BCUT2D eigenvalue weighted by atomic mass is 32.3. The van der Waals surface area contributed by atoms with Crippen LogP contribution in [-0.4, -0.2) is 103 Å². The number of aromatic hydroxyl groups is 2. The number of phenols is 2. The molecular weight excluding hydrogens is 797 g/mol. The lowest BCUT2D eigenvalue weighted by molar-refractivity contribution is 0.0696. The topological polar surface area (TPSA) is 341 Å². The molecule has 53 heavy (non-hydrogen) atoms. The summed E-state index contributed by atoms with van der Waals surface area (Å²) in [6.07, 6.45) is 0. The first-order valence-corrected chi connectivity index (χ1v) is 20.2. The number of hydrogen-bond donors (Lipinski definition) is 5. The highest BCUT2D eigenvalue weighted by Gasteiger charge is 2.25. The van der Waals surface area contributed by atoms with Crippen LogP contribution >= 0.6 is 0 Å². The summed E-state index contributed by atoms with van der Waals surface area (Å²) in [5.74, 6) is -5.75. The molecule has 3 aromatic carbocycles. The summed E-state index contributed by atoms with van der Waals surface area (Å²) < 4.78 is 130. The molecule has 0 bridgehead atoms. The number of phenolic OH excluding ortho intramolecular Hbond substituents is 2. The number of sulfone groups is 2. The van der Waals surface area contributed by atoms with Crippen LogP contribution in [0.3, 0.4) is 0 Å². The molecule has 22 nitrogen and oxygen atoms in total. The largest absolute Gasteiger partial charge is 0.505 e. The Hall–Kier alpha value is -4.83. The third kappa shape index (κ3) is 11.1. The quantitative estimate of drug-likeness (QED) is 0.0960. The van der Waals surface area contributed by atoms with Gasteiger partial charge in [-0.2, -0.15) is 16.8 Å².